The zero-order chi connectivity index (χ0) is 10.9. The Morgan fingerprint density at radius 1 is 1.73 bits per heavy atom. The fourth-order valence-electron chi connectivity index (χ4n) is 1.83. The number of thiophene rings is 1. The standard InChI is InChI=1S/C11H15NO2S/c1-11(14)4-5-12(8-11)10(13)7-9-3-2-6-15-9/h2-3,6,14H,4-5,7-8H2,1H3. The first-order valence-corrected chi connectivity index (χ1v) is 5.97. The van der Waals surface area contributed by atoms with Crippen LogP contribution in [0.25, 0.3) is 0 Å². The zero-order valence-corrected chi connectivity index (χ0v) is 9.59. The third-order valence-corrected chi connectivity index (χ3v) is 3.59. The lowest BCUT2D eigenvalue weighted by atomic mass is 10.1. The molecular formula is C11H15NO2S. The molecule has 2 heterocycles. The molecule has 15 heavy (non-hydrogen) atoms. The number of aliphatic hydroxyl groups is 1. The van der Waals surface area contributed by atoms with Crippen LogP contribution < -0.4 is 0 Å². The Morgan fingerprint density at radius 3 is 3.07 bits per heavy atom. The zero-order valence-electron chi connectivity index (χ0n) is 8.77. The number of carbonyl (C=O) groups excluding carboxylic acids is 1. The lowest BCUT2D eigenvalue weighted by molar-refractivity contribution is -0.130. The van der Waals surface area contributed by atoms with Gasteiger partial charge in [0.15, 0.2) is 0 Å². The molecule has 1 saturated heterocycles. The summed E-state index contributed by atoms with van der Waals surface area (Å²) in [5.74, 6) is 0.121. The van der Waals surface area contributed by atoms with Crippen molar-refractivity contribution in [3.63, 3.8) is 0 Å². The summed E-state index contributed by atoms with van der Waals surface area (Å²) in [6, 6.07) is 3.92. The lowest BCUT2D eigenvalue weighted by Gasteiger charge is -2.18. The smallest absolute Gasteiger partial charge is 0.227 e. The number of hydrogen-bond acceptors (Lipinski definition) is 3. The highest BCUT2D eigenvalue weighted by molar-refractivity contribution is 7.10. The minimum Gasteiger partial charge on any atom is -0.388 e. The molecule has 0 aromatic carbocycles. The van der Waals surface area contributed by atoms with Crippen LogP contribution in [-0.2, 0) is 11.2 Å². The van der Waals surface area contributed by atoms with E-state index in [9.17, 15) is 9.90 Å². The maximum Gasteiger partial charge on any atom is 0.227 e. The van der Waals surface area contributed by atoms with Crippen molar-refractivity contribution in [2.24, 2.45) is 0 Å². The van der Waals surface area contributed by atoms with Gasteiger partial charge in [-0.3, -0.25) is 4.79 Å². The number of amides is 1. The summed E-state index contributed by atoms with van der Waals surface area (Å²) in [5, 5.41) is 11.7. The van der Waals surface area contributed by atoms with Gasteiger partial charge in [0.25, 0.3) is 0 Å². The minimum atomic E-state index is -0.689. The van der Waals surface area contributed by atoms with Crippen molar-refractivity contribution >= 4 is 17.2 Å². The quantitative estimate of drug-likeness (QED) is 0.823. The second-order valence-corrected chi connectivity index (χ2v) is 5.35. The van der Waals surface area contributed by atoms with Gasteiger partial charge >= 0.3 is 0 Å². The molecular weight excluding hydrogens is 210 g/mol. The molecule has 1 aromatic heterocycles. The number of nitrogens with zero attached hydrogens (tertiary/aromatic N) is 1. The second-order valence-electron chi connectivity index (χ2n) is 4.32. The number of β-amino-alcohol motifs (C(OH)–C–C–N with tert-alkyl or cyclic N) is 1. The van der Waals surface area contributed by atoms with Crippen LogP contribution in [0.5, 0.6) is 0 Å². The molecule has 0 bridgehead atoms. The predicted molar refractivity (Wildman–Crippen MR) is 59.8 cm³/mol. The highest BCUT2D eigenvalue weighted by Gasteiger charge is 2.33. The van der Waals surface area contributed by atoms with Crippen LogP contribution in [0.4, 0.5) is 0 Å². The number of carbonyl (C=O) groups is 1. The van der Waals surface area contributed by atoms with E-state index >= 15 is 0 Å². The molecule has 2 rings (SSSR count). The molecule has 0 aliphatic carbocycles. The average molecular weight is 225 g/mol. The summed E-state index contributed by atoms with van der Waals surface area (Å²) in [5.41, 5.74) is -0.689. The first-order chi connectivity index (χ1) is 7.07. The SMILES string of the molecule is CC1(O)CCN(C(=O)Cc2cccs2)C1. The molecule has 1 unspecified atom stereocenters. The molecule has 4 heteroatoms. The number of rotatable bonds is 2. The van der Waals surface area contributed by atoms with Crippen molar-refractivity contribution in [3.05, 3.63) is 22.4 Å². The van der Waals surface area contributed by atoms with E-state index in [1.807, 2.05) is 17.5 Å². The normalized spacial score (nSPS) is 25.9. The maximum atomic E-state index is 11.8. The molecule has 1 atom stereocenters. The Balaban J connectivity index is 1.93. The topological polar surface area (TPSA) is 40.5 Å². The van der Waals surface area contributed by atoms with Gasteiger partial charge in [0, 0.05) is 18.0 Å². The van der Waals surface area contributed by atoms with Gasteiger partial charge in [0.1, 0.15) is 0 Å². The van der Waals surface area contributed by atoms with E-state index in [0.717, 1.165) is 4.88 Å². The van der Waals surface area contributed by atoms with Crippen LogP contribution in [0.2, 0.25) is 0 Å². The van der Waals surface area contributed by atoms with Gasteiger partial charge in [-0.1, -0.05) is 6.07 Å². The Kier molecular flexibility index (Phi) is 2.80. The largest absolute Gasteiger partial charge is 0.388 e. The summed E-state index contributed by atoms with van der Waals surface area (Å²) >= 11 is 1.60. The number of likely N-dealkylation sites (tertiary alicyclic amines) is 1. The third kappa shape index (κ3) is 2.58. The van der Waals surface area contributed by atoms with E-state index in [1.165, 1.54) is 0 Å². The molecule has 82 valence electrons. The molecule has 1 fully saturated rings. The third-order valence-electron chi connectivity index (χ3n) is 2.71. The van der Waals surface area contributed by atoms with Crippen LogP contribution in [-0.4, -0.2) is 34.6 Å². The highest BCUT2D eigenvalue weighted by atomic mass is 32.1. The van der Waals surface area contributed by atoms with E-state index in [2.05, 4.69) is 0 Å². The number of hydrogen-bond donors (Lipinski definition) is 1. The minimum absolute atomic E-state index is 0.121. The van der Waals surface area contributed by atoms with Crippen LogP contribution in [0.3, 0.4) is 0 Å². The first kappa shape index (κ1) is 10.6. The highest BCUT2D eigenvalue weighted by Crippen LogP contribution is 2.21. The molecule has 0 saturated carbocycles. The Morgan fingerprint density at radius 2 is 2.53 bits per heavy atom. The van der Waals surface area contributed by atoms with E-state index in [0.29, 0.717) is 25.9 Å². The molecule has 1 amide bonds. The summed E-state index contributed by atoms with van der Waals surface area (Å²) in [6.45, 7) is 2.93. The van der Waals surface area contributed by atoms with Crippen LogP contribution in [0.1, 0.15) is 18.2 Å². The summed E-state index contributed by atoms with van der Waals surface area (Å²) in [7, 11) is 0. The molecule has 0 radical (unpaired) electrons. The van der Waals surface area contributed by atoms with Crippen LogP contribution in [0, 0.1) is 0 Å². The van der Waals surface area contributed by atoms with Gasteiger partial charge < -0.3 is 10.0 Å². The lowest BCUT2D eigenvalue weighted by Crippen LogP contribution is -2.34. The Hall–Kier alpha value is -0.870. The summed E-state index contributed by atoms with van der Waals surface area (Å²) < 4.78 is 0. The fraction of sp³-hybridized carbons (Fsp3) is 0.545. The van der Waals surface area contributed by atoms with Gasteiger partial charge in [-0.2, -0.15) is 0 Å². The Labute approximate surface area is 93.3 Å². The second kappa shape index (κ2) is 3.94. The molecule has 1 aliphatic rings. The Bertz CT molecular complexity index is 345. The van der Waals surface area contributed by atoms with E-state index in [1.54, 1.807) is 23.2 Å². The van der Waals surface area contributed by atoms with Crippen LogP contribution >= 0.6 is 11.3 Å². The van der Waals surface area contributed by atoms with E-state index in [-0.39, 0.29) is 5.91 Å². The van der Waals surface area contributed by atoms with Crippen molar-refractivity contribution < 1.29 is 9.90 Å². The van der Waals surface area contributed by atoms with E-state index in [4.69, 9.17) is 0 Å². The maximum absolute atomic E-state index is 11.8. The van der Waals surface area contributed by atoms with Crippen molar-refractivity contribution in [2.45, 2.75) is 25.4 Å². The average Bonchev–Trinajstić information content (AvgIpc) is 2.74. The van der Waals surface area contributed by atoms with E-state index < -0.39 is 5.60 Å². The molecule has 1 N–H and O–H groups in total. The van der Waals surface area contributed by atoms with Gasteiger partial charge in [0.05, 0.1) is 12.0 Å². The first-order valence-electron chi connectivity index (χ1n) is 5.09. The van der Waals surface area contributed by atoms with Crippen molar-refractivity contribution in [2.75, 3.05) is 13.1 Å². The molecule has 1 aromatic rings. The fourth-order valence-corrected chi connectivity index (χ4v) is 2.53. The van der Waals surface area contributed by atoms with Crippen molar-refractivity contribution in [1.82, 2.24) is 4.90 Å². The van der Waals surface area contributed by atoms with Crippen molar-refractivity contribution in [3.8, 4) is 0 Å². The summed E-state index contributed by atoms with van der Waals surface area (Å²) in [4.78, 5) is 14.7. The predicted octanol–water partition coefficient (Wildman–Crippen LogP) is 1.27. The van der Waals surface area contributed by atoms with Gasteiger partial charge in [-0.05, 0) is 24.8 Å². The molecule has 0 spiro atoms. The van der Waals surface area contributed by atoms with Gasteiger partial charge in [0.2, 0.25) is 5.91 Å². The molecule has 3 nitrogen and oxygen atoms in total. The summed E-state index contributed by atoms with van der Waals surface area (Å²) in [6.07, 6.45) is 1.15. The molecule has 1 aliphatic heterocycles. The monoisotopic (exact) mass is 225 g/mol. The van der Waals surface area contributed by atoms with Crippen LogP contribution in [0.15, 0.2) is 17.5 Å². The van der Waals surface area contributed by atoms with Gasteiger partial charge in [-0.15, -0.1) is 11.3 Å². The van der Waals surface area contributed by atoms with Crippen molar-refractivity contribution in [1.29, 1.82) is 0 Å². The van der Waals surface area contributed by atoms with Gasteiger partial charge in [-0.25, -0.2) is 0 Å².